The zero-order valence-electron chi connectivity index (χ0n) is 14.3. The predicted octanol–water partition coefficient (Wildman–Crippen LogP) is 2.62. The lowest BCUT2D eigenvalue weighted by Gasteiger charge is -2.29. The summed E-state index contributed by atoms with van der Waals surface area (Å²) in [5, 5.41) is 14.5. The van der Waals surface area contributed by atoms with Gasteiger partial charge >= 0.3 is 0 Å². The van der Waals surface area contributed by atoms with Gasteiger partial charge in [-0.1, -0.05) is 13.8 Å². The van der Waals surface area contributed by atoms with Gasteiger partial charge in [-0.05, 0) is 50.4 Å². The number of carbonyl (C=O) groups is 1. The maximum atomic E-state index is 11.3. The fourth-order valence-electron chi connectivity index (χ4n) is 3.23. The molecule has 7 heteroatoms. The Labute approximate surface area is 142 Å². The van der Waals surface area contributed by atoms with Crippen LogP contribution in [0.3, 0.4) is 0 Å². The number of nitro benzene ring substituents is 1. The summed E-state index contributed by atoms with van der Waals surface area (Å²) in [6.45, 7) is 7.19. The first kappa shape index (κ1) is 18.2. The zero-order chi connectivity index (χ0) is 17.7. The zero-order valence-corrected chi connectivity index (χ0v) is 14.3. The molecule has 1 aromatic carbocycles. The van der Waals surface area contributed by atoms with E-state index >= 15 is 0 Å². The molecule has 0 aromatic heterocycles. The Morgan fingerprint density at radius 3 is 2.58 bits per heavy atom. The summed E-state index contributed by atoms with van der Waals surface area (Å²) >= 11 is 0. The minimum absolute atomic E-state index is 0.115. The molecule has 0 unspecified atom stereocenters. The molecule has 132 valence electrons. The van der Waals surface area contributed by atoms with Crippen molar-refractivity contribution in [3.63, 3.8) is 0 Å². The molecular weight excluding hydrogens is 308 g/mol. The van der Waals surface area contributed by atoms with E-state index in [1.165, 1.54) is 25.0 Å². The van der Waals surface area contributed by atoms with Crippen LogP contribution in [-0.4, -0.2) is 41.4 Å². The number of hydrogen-bond donors (Lipinski definition) is 2. The highest BCUT2D eigenvalue weighted by molar-refractivity contribution is 5.94. The van der Waals surface area contributed by atoms with Crippen LogP contribution in [0.2, 0.25) is 0 Å². The Bertz CT molecular complexity index is 597. The standard InChI is InChI=1S/C17H26N4O3/c1-12(2)9-14(20-7-3-4-8-20)11-19-15-6-5-13(17(18)22)10-16(15)21(23)24/h5-6,10,12,14,19H,3-4,7-9,11H2,1-2H3,(H2,18,22)/t14-/m0/s1. The highest BCUT2D eigenvalue weighted by Crippen LogP contribution is 2.26. The van der Waals surface area contributed by atoms with Gasteiger partial charge in [-0.25, -0.2) is 0 Å². The SMILES string of the molecule is CC(C)C[C@@H](CNc1ccc(C(N)=O)cc1[N+](=O)[O-])N1CCCC1. The Morgan fingerprint density at radius 2 is 2.04 bits per heavy atom. The van der Waals surface area contributed by atoms with Gasteiger partial charge in [-0.2, -0.15) is 0 Å². The molecule has 0 spiro atoms. The van der Waals surface area contributed by atoms with Crippen LogP contribution in [0.4, 0.5) is 11.4 Å². The van der Waals surface area contributed by atoms with Gasteiger partial charge in [0.25, 0.3) is 5.69 Å². The molecule has 24 heavy (non-hydrogen) atoms. The number of benzene rings is 1. The number of likely N-dealkylation sites (tertiary alicyclic amines) is 1. The third-order valence-corrected chi connectivity index (χ3v) is 4.41. The number of anilines is 1. The topological polar surface area (TPSA) is 101 Å². The lowest BCUT2D eigenvalue weighted by molar-refractivity contribution is -0.384. The van der Waals surface area contributed by atoms with Crippen molar-refractivity contribution in [2.75, 3.05) is 25.0 Å². The van der Waals surface area contributed by atoms with E-state index in [1.807, 2.05) is 0 Å². The molecule has 0 aliphatic carbocycles. The van der Waals surface area contributed by atoms with Gasteiger partial charge in [0, 0.05) is 24.2 Å². The molecule has 2 rings (SSSR count). The van der Waals surface area contributed by atoms with Gasteiger partial charge in [0.05, 0.1) is 4.92 Å². The quantitative estimate of drug-likeness (QED) is 0.562. The average Bonchev–Trinajstić information content (AvgIpc) is 3.05. The van der Waals surface area contributed by atoms with E-state index in [9.17, 15) is 14.9 Å². The summed E-state index contributed by atoms with van der Waals surface area (Å²) in [5.41, 5.74) is 5.66. The van der Waals surface area contributed by atoms with Gasteiger partial charge < -0.3 is 11.1 Å². The van der Waals surface area contributed by atoms with Crippen molar-refractivity contribution in [1.29, 1.82) is 0 Å². The number of hydrogen-bond acceptors (Lipinski definition) is 5. The molecule has 7 nitrogen and oxygen atoms in total. The number of nitro groups is 1. The van der Waals surface area contributed by atoms with E-state index in [0.29, 0.717) is 24.2 Å². The third-order valence-electron chi connectivity index (χ3n) is 4.41. The molecule has 1 aromatic rings. The Morgan fingerprint density at radius 1 is 1.38 bits per heavy atom. The van der Waals surface area contributed by atoms with Crippen molar-refractivity contribution in [3.8, 4) is 0 Å². The summed E-state index contributed by atoms with van der Waals surface area (Å²) in [4.78, 5) is 24.5. The number of nitrogens with zero attached hydrogens (tertiary/aromatic N) is 2. The number of rotatable bonds is 8. The highest BCUT2D eigenvalue weighted by atomic mass is 16.6. The van der Waals surface area contributed by atoms with E-state index in [1.54, 1.807) is 6.07 Å². The largest absolute Gasteiger partial charge is 0.378 e. The molecular formula is C17H26N4O3. The van der Waals surface area contributed by atoms with Gasteiger partial charge in [0.1, 0.15) is 5.69 Å². The van der Waals surface area contributed by atoms with Crippen LogP contribution >= 0.6 is 0 Å². The molecule has 0 saturated carbocycles. The summed E-state index contributed by atoms with van der Waals surface area (Å²) in [7, 11) is 0. The van der Waals surface area contributed by atoms with Crippen LogP contribution in [0.15, 0.2) is 18.2 Å². The number of amides is 1. The van der Waals surface area contributed by atoms with E-state index in [-0.39, 0.29) is 11.3 Å². The van der Waals surface area contributed by atoms with Crippen molar-refractivity contribution in [2.45, 2.75) is 39.2 Å². The average molecular weight is 334 g/mol. The van der Waals surface area contributed by atoms with Crippen molar-refractivity contribution < 1.29 is 9.72 Å². The predicted molar refractivity (Wildman–Crippen MR) is 94.2 cm³/mol. The molecule has 1 amide bonds. The van der Waals surface area contributed by atoms with Crippen molar-refractivity contribution in [2.24, 2.45) is 11.7 Å². The van der Waals surface area contributed by atoms with E-state index in [2.05, 4.69) is 24.1 Å². The fourth-order valence-corrected chi connectivity index (χ4v) is 3.23. The Hall–Kier alpha value is -2.15. The lowest BCUT2D eigenvalue weighted by Crippen LogP contribution is -2.39. The molecule has 1 saturated heterocycles. The van der Waals surface area contributed by atoms with Crippen LogP contribution < -0.4 is 11.1 Å². The molecule has 1 fully saturated rings. The molecule has 1 heterocycles. The minimum atomic E-state index is -0.667. The second kappa shape index (κ2) is 8.10. The van der Waals surface area contributed by atoms with Crippen molar-refractivity contribution in [1.82, 2.24) is 4.90 Å². The minimum Gasteiger partial charge on any atom is -0.378 e. The highest BCUT2D eigenvalue weighted by Gasteiger charge is 2.24. The van der Waals surface area contributed by atoms with Crippen LogP contribution in [0.1, 0.15) is 43.5 Å². The number of nitrogens with two attached hydrogens (primary N) is 1. The normalized spacial score (nSPS) is 16.3. The molecule has 3 N–H and O–H groups in total. The third kappa shape index (κ3) is 4.67. The Kier molecular flexibility index (Phi) is 6.14. The summed E-state index contributed by atoms with van der Waals surface area (Å²) in [5.74, 6) is -0.107. The van der Waals surface area contributed by atoms with Crippen molar-refractivity contribution in [3.05, 3.63) is 33.9 Å². The van der Waals surface area contributed by atoms with Crippen LogP contribution in [0.5, 0.6) is 0 Å². The van der Waals surface area contributed by atoms with Gasteiger partial charge in [-0.3, -0.25) is 19.8 Å². The summed E-state index contributed by atoms with van der Waals surface area (Å²) in [6, 6.07) is 4.67. The van der Waals surface area contributed by atoms with E-state index in [0.717, 1.165) is 19.5 Å². The van der Waals surface area contributed by atoms with Gasteiger partial charge in [0.2, 0.25) is 5.91 Å². The molecule has 0 bridgehead atoms. The van der Waals surface area contributed by atoms with Crippen LogP contribution in [-0.2, 0) is 0 Å². The molecule has 1 aliphatic heterocycles. The monoisotopic (exact) mass is 334 g/mol. The molecule has 1 atom stereocenters. The second-order valence-electron chi connectivity index (χ2n) is 6.76. The molecule has 1 aliphatic rings. The smallest absolute Gasteiger partial charge is 0.293 e. The number of nitrogens with one attached hydrogen (secondary N) is 1. The van der Waals surface area contributed by atoms with Crippen molar-refractivity contribution >= 4 is 17.3 Å². The van der Waals surface area contributed by atoms with Crippen LogP contribution in [0, 0.1) is 16.0 Å². The second-order valence-corrected chi connectivity index (χ2v) is 6.76. The Balaban J connectivity index is 2.13. The maximum Gasteiger partial charge on any atom is 0.293 e. The lowest BCUT2D eigenvalue weighted by atomic mass is 10.0. The first-order valence-electron chi connectivity index (χ1n) is 8.44. The van der Waals surface area contributed by atoms with Crippen LogP contribution in [0.25, 0.3) is 0 Å². The molecule has 0 radical (unpaired) electrons. The summed E-state index contributed by atoms with van der Waals surface area (Å²) < 4.78 is 0. The van der Waals surface area contributed by atoms with Gasteiger partial charge in [-0.15, -0.1) is 0 Å². The number of carbonyl (C=O) groups excluding carboxylic acids is 1. The van der Waals surface area contributed by atoms with E-state index in [4.69, 9.17) is 5.73 Å². The fraction of sp³-hybridized carbons (Fsp3) is 0.588. The summed E-state index contributed by atoms with van der Waals surface area (Å²) in [6.07, 6.45) is 3.46. The first-order valence-corrected chi connectivity index (χ1v) is 8.44. The number of primary amides is 1. The van der Waals surface area contributed by atoms with Gasteiger partial charge in [0.15, 0.2) is 0 Å². The first-order chi connectivity index (χ1) is 11.4. The van der Waals surface area contributed by atoms with E-state index < -0.39 is 10.8 Å². The maximum absolute atomic E-state index is 11.3.